The lowest BCUT2D eigenvalue weighted by atomic mass is 10.3. The number of rotatable bonds is 7. The number of nitrogens with two attached hydrogens (primary N) is 1. The lowest BCUT2D eigenvalue weighted by Crippen LogP contribution is -2.38. The average Bonchev–Trinajstić information content (AvgIpc) is 2.04. The van der Waals surface area contributed by atoms with Crippen LogP contribution in [0.4, 0.5) is 0 Å². The summed E-state index contributed by atoms with van der Waals surface area (Å²) in [4.78, 5) is 21.2. The average molecular weight is 187 g/mol. The van der Waals surface area contributed by atoms with Crippen LogP contribution < -0.4 is 16.4 Å². The summed E-state index contributed by atoms with van der Waals surface area (Å²) in [6, 6.07) is 0. The van der Waals surface area contributed by atoms with Gasteiger partial charge in [-0.05, 0) is 6.42 Å². The molecule has 0 aromatic rings. The third-order valence-electron chi connectivity index (χ3n) is 1.44. The van der Waals surface area contributed by atoms with Crippen LogP contribution in [-0.2, 0) is 9.59 Å². The van der Waals surface area contributed by atoms with Crippen LogP contribution >= 0.6 is 0 Å². The van der Waals surface area contributed by atoms with Gasteiger partial charge in [-0.15, -0.1) is 0 Å². The van der Waals surface area contributed by atoms with E-state index in [0.29, 0.717) is 6.54 Å². The number of nitrogens with one attached hydrogen (secondary N) is 2. The minimum atomic E-state index is -0.457. The molecule has 0 spiro atoms. The second-order valence-corrected chi connectivity index (χ2v) is 2.77. The molecule has 13 heavy (non-hydrogen) atoms. The van der Waals surface area contributed by atoms with Gasteiger partial charge in [0, 0.05) is 6.54 Å². The van der Waals surface area contributed by atoms with Gasteiger partial charge in [0.15, 0.2) is 0 Å². The summed E-state index contributed by atoms with van der Waals surface area (Å²) >= 11 is 0. The molecule has 0 saturated heterocycles. The van der Waals surface area contributed by atoms with E-state index in [2.05, 4.69) is 17.6 Å². The van der Waals surface area contributed by atoms with Crippen molar-refractivity contribution in [3.05, 3.63) is 0 Å². The third kappa shape index (κ3) is 8.81. The predicted octanol–water partition coefficient (Wildman–Crippen LogP) is -1.02. The maximum atomic E-state index is 11.0. The summed E-state index contributed by atoms with van der Waals surface area (Å²) in [6.07, 6.45) is 2.02. The molecule has 0 aliphatic heterocycles. The van der Waals surface area contributed by atoms with Gasteiger partial charge in [0.05, 0.1) is 13.1 Å². The highest BCUT2D eigenvalue weighted by Gasteiger charge is 1.99. The Kier molecular flexibility index (Phi) is 6.91. The highest BCUT2D eigenvalue weighted by molar-refractivity contribution is 5.80. The Morgan fingerprint density at radius 1 is 1.31 bits per heavy atom. The van der Waals surface area contributed by atoms with Gasteiger partial charge in [0.2, 0.25) is 11.8 Å². The molecule has 2 amide bonds. The van der Waals surface area contributed by atoms with Gasteiger partial charge in [-0.2, -0.15) is 0 Å². The number of hydrogen-bond acceptors (Lipinski definition) is 3. The molecule has 0 saturated carbocycles. The fourth-order valence-electron chi connectivity index (χ4n) is 0.766. The van der Waals surface area contributed by atoms with Gasteiger partial charge in [-0.1, -0.05) is 13.3 Å². The number of carbonyl (C=O) groups is 2. The van der Waals surface area contributed by atoms with Crippen LogP contribution in [0.3, 0.4) is 0 Å². The van der Waals surface area contributed by atoms with E-state index >= 15 is 0 Å². The third-order valence-corrected chi connectivity index (χ3v) is 1.44. The van der Waals surface area contributed by atoms with E-state index in [4.69, 9.17) is 5.73 Å². The molecule has 0 aromatic carbocycles. The molecular weight excluding hydrogens is 170 g/mol. The van der Waals surface area contributed by atoms with E-state index in [1.54, 1.807) is 0 Å². The number of amides is 2. The number of hydrogen-bond donors (Lipinski definition) is 3. The van der Waals surface area contributed by atoms with Crippen LogP contribution in [0.5, 0.6) is 0 Å². The van der Waals surface area contributed by atoms with E-state index in [1.807, 2.05) is 0 Å². The van der Waals surface area contributed by atoms with Crippen LogP contribution in [0.1, 0.15) is 19.8 Å². The molecule has 0 aliphatic carbocycles. The van der Waals surface area contributed by atoms with Gasteiger partial charge >= 0.3 is 0 Å². The van der Waals surface area contributed by atoms with Crippen LogP contribution in [0.2, 0.25) is 0 Å². The molecule has 0 bridgehead atoms. The zero-order chi connectivity index (χ0) is 10.1. The summed E-state index contributed by atoms with van der Waals surface area (Å²) in [5.74, 6) is -0.559. The number of unbranched alkanes of at least 4 members (excludes halogenated alkanes) is 1. The zero-order valence-electron chi connectivity index (χ0n) is 7.93. The monoisotopic (exact) mass is 187 g/mol. The number of carbonyl (C=O) groups excluding carboxylic acids is 2. The molecule has 0 radical (unpaired) electrons. The first-order chi connectivity index (χ1) is 6.16. The van der Waals surface area contributed by atoms with Gasteiger partial charge in [0.25, 0.3) is 0 Å². The van der Waals surface area contributed by atoms with Crippen molar-refractivity contribution in [3.8, 4) is 0 Å². The SMILES string of the molecule is CCCCNC(=O)CNCC(N)=O. The first-order valence-electron chi connectivity index (χ1n) is 4.42. The van der Waals surface area contributed by atoms with Crippen LogP contribution in [-0.4, -0.2) is 31.4 Å². The molecule has 0 heterocycles. The summed E-state index contributed by atoms with van der Waals surface area (Å²) in [6.45, 7) is 2.93. The minimum absolute atomic E-state index is 0.0429. The molecule has 0 aliphatic rings. The fourth-order valence-corrected chi connectivity index (χ4v) is 0.766. The Morgan fingerprint density at radius 2 is 2.00 bits per heavy atom. The largest absolute Gasteiger partial charge is 0.369 e. The lowest BCUT2D eigenvalue weighted by molar-refractivity contribution is -0.120. The summed E-state index contributed by atoms with van der Waals surface area (Å²) in [7, 11) is 0. The lowest BCUT2D eigenvalue weighted by Gasteiger charge is -2.03. The first-order valence-corrected chi connectivity index (χ1v) is 4.42. The molecule has 5 nitrogen and oxygen atoms in total. The van der Waals surface area contributed by atoms with E-state index in [-0.39, 0.29) is 19.0 Å². The topological polar surface area (TPSA) is 84.2 Å². The molecule has 0 fully saturated rings. The Hall–Kier alpha value is -1.10. The fraction of sp³-hybridized carbons (Fsp3) is 0.750. The van der Waals surface area contributed by atoms with Crippen molar-refractivity contribution in [1.82, 2.24) is 10.6 Å². The predicted molar refractivity (Wildman–Crippen MR) is 50.0 cm³/mol. The van der Waals surface area contributed by atoms with Crippen molar-refractivity contribution in [3.63, 3.8) is 0 Å². The van der Waals surface area contributed by atoms with Gasteiger partial charge in [-0.25, -0.2) is 0 Å². The second kappa shape index (κ2) is 7.54. The van der Waals surface area contributed by atoms with Gasteiger partial charge in [0.1, 0.15) is 0 Å². The van der Waals surface area contributed by atoms with Crippen LogP contribution in [0, 0.1) is 0 Å². The Balaban J connectivity index is 3.25. The van der Waals surface area contributed by atoms with Crippen molar-refractivity contribution in [2.24, 2.45) is 5.73 Å². The smallest absolute Gasteiger partial charge is 0.233 e. The molecule has 0 rings (SSSR count). The number of primary amides is 1. The highest BCUT2D eigenvalue weighted by atomic mass is 16.2. The van der Waals surface area contributed by atoms with Crippen LogP contribution in [0.15, 0.2) is 0 Å². The molecule has 0 aromatic heterocycles. The van der Waals surface area contributed by atoms with Crippen LogP contribution in [0.25, 0.3) is 0 Å². The highest BCUT2D eigenvalue weighted by Crippen LogP contribution is 1.81. The zero-order valence-corrected chi connectivity index (χ0v) is 7.93. The van der Waals surface area contributed by atoms with E-state index < -0.39 is 5.91 Å². The maximum absolute atomic E-state index is 11.0. The summed E-state index contributed by atoms with van der Waals surface area (Å²) < 4.78 is 0. The molecular formula is C8H17N3O2. The molecule has 0 atom stereocenters. The van der Waals surface area contributed by atoms with Crippen molar-refractivity contribution in [2.45, 2.75) is 19.8 Å². The Morgan fingerprint density at radius 3 is 2.54 bits per heavy atom. The maximum Gasteiger partial charge on any atom is 0.233 e. The van der Waals surface area contributed by atoms with E-state index in [9.17, 15) is 9.59 Å². The molecule has 76 valence electrons. The van der Waals surface area contributed by atoms with Crippen molar-refractivity contribution < 1.29 is 9.59 Å². The van der Waals surface area contributed by atoms with Crippen molar-refractivity contribution in [1.29, 1.82) is 0 Å². The molecule has 5 heteroatoms. The van der Waals surface area contributed by atoms with E-state index in [0.717, 1.165) is 12.8 Å². The quantitative estimate of drug-likeness (QED) is 0.446. The van der Waals surface area contributed by atoms with Gasteiger partial charge in [-0.3, -0.25) is 14.9 Å². The molecule has 4 N–H and O–H groups in total. The van der Waals surface area contributed by atoms with Crippen molar-refractivity contribution >= 4 is 11.8 Å². The summed E-state index contributed by atoms with van der Waals surface area (Å²) in [5, 5.41) is 5.33. The molecule has 0 unspecified atom stereocenters. The van der Waals surface area contributed by atoms with E-state index in [1.165, 1.54) is 0 Å². The second-order valence-electron chi connectivity index (χ2n) is 2.77. The minimum Gasteiger partial charge on any atom is -0.369 e. The van der Waals surface area contributed by atoms with Gasteiger partial charge < -0.3 is 11.1 Å². The first kappa shape index (κ1) is 11.9. The Labute approximate surface area is 78.1 Å². The van der Waals surface area contributed by atoms with Crippen molar-refractivity contribution in [2.75, 3.05) is 19.6 Å². The summed E-state index contributed by atoms with van der Waals surface area (Å²) in [5.41, 5.74) is 4.87. The normalized spacial score (nSPS) is 9.62. The standard InChI is InChI=1S/C8H17N3O2/c1-2-3-4-11-8(13)6-10-5-7(9)12/h10H,2-6H2,1H3,(H2,9,12)(H,11,13). The Bertz CT molecular complexity index is 171.